The van der Waals surface area contributed by atoms with Gasteiger partial charge in [-0.05, 0) is 80.4 Å². The molecule has 0 bridgehead atoms. The number of benzene rings is 2. The summed E-state index contributed by atoms with van der Waals surface area (Å²) in [4.78, 5) is 14.8. The Morgan fingerprint density at radius 2 is 1.83 bits per heavy atom. The molecular weight excluding hydrogens is 482 g/mol. The van der Waals surface area contributed by atoms with Crippen molar-refractivity contribution in [2.45, 2.75) is 26.3 Å². The molecule has 5 rings (SSSR count). The highest BCUT2D eigenvalue weighted by Crippen LogP contribution is 2.41. The number of halogens is 3. The van der Waals surface area contributed by atoms with Crippen LogP contribution in [0.4, 0.5) is 14.5 Å². The van der Waals surface area contributed by atoms with Crippen molar-refractivity contribution in [2.75, 3.05) is 37.7 Å². The van der Waals surface area contributed by atoms with Gasteiger partial charge in [-0.15, -0.1) is 0 Å². The van der Waals surface area contributed by atoms with Crippen LogP contribution in [0.15, 0.2) is 65.9 Å². The van der Waals surface area contributed by atoms with Crippen LogP contribution in [0.5, 0.6) is 0 Å². The Balaban J connectivity index is 1.24. The highest BCUT2D eigenvalue weighted by atomic mass is 35.5. The minimum atomic E-state index is -0.933. The smallest absolute Gasteiger partial charge is 0.159 e. The van der Waals surface area contributed by atoms with Gasteiger partial charge in [-0.1, -0.05) is 22.8 Å². The number of hydrogen-bond donors (Lipinski definition) is 0. The lowest BCUT2D eigenvalue weighted by atomic mass is 9.86. The lowest BCUT2D eigenvalue weighted by molar-refractivity contribution is 0.159. The quantitative estimate of drug-likeness (QED) is 0.293. The van der Waals surface area contributed by atoms with E-state index in [0.717, 1.165) is 55.4 Å². The summed E-state index contributed by atoms with van der Waals surface area (Å²) in [6.07, 6.45) is 4.20. The van der Waals surface area contributed by atoms with Gasteiger partial charge < -0.3 is 9.74 Å². The van der Waals surface area contributed by atoms with E-state index in [1.54, 1.807) is 0 Å². The molecule has 0 aliphatic carbocycles. The summed E-state index contributed by atoms with van der Waals surface area (Å²) >= 11 is 6.06. The second-order valence-corrected chi connectivity index (χ2v) is 10.1. The molecule has 3 aromatic rings. The first-order valence-corrected chi connectivity index (χ1v) is 12.7. The number of aromatic nitrogens is 1. The first-order chi connectivity index (χ1) is 17.4. The molecule has 2 aromatic carbocycles. The van der Waals surface area contributed by atoms with Crippen molar-refractivity contribution < 1.29 is 13.6 Å². The average molecular weight is 511 g/mol. The monoisotopic (exact) mass is 510 g/mol. The molecule has 2 saturated heterocycles. The minimum absolute atomic E-state index is 0.316. The van der Waals surface area contributed by atoms with Crippen molar-refractivity contribution in [3.63, 3.8) is 0 Å². The van der Waals surface area contributed by atoms with Gasteiger partial charge in [0.15, 0.2) is 11.6 Å². The van der Waals surface area contributed by atoms with Crippen LogP contribution < -0.4 is 4.90 Å². The van der Waals surface area contributed by atoms with Crippen LogP contribution >= 0.6 is 11.6 Å². The number of oxime groups is 1. The van der Waals surface area contributed by atoms with Gasteiger partial charge in [0.1, 0.15) is 12.3 Å². The van der Waals surface area contributed by atoms with Gasteiger partial charge in [0.05, 0.1) is 5.69 Å². The number of rotatable bonds is 7. The van der Waals surface area contributed by atoms with Crippen LogP contribution in [0.2, 0.25) is 5.02 Å². The fourth-order valence-electron chi connectivity index (χ4n) is 5.24. The largest absolute Gasteiger partial charge is 0.396 e. The van der Waals surface area contributed by atoms with Crippen LogP contribution in [0.1, 0.15) is 36.6 Å². The normalized spacial score (nSPS) is 20.4. The molecule has 8 heteroatoms. The molecule has 1 spiro atoms. The van der Waals surface area contributed by atoms with Gasteiger partial charge in [0.2, 0.25) is 0 Å². The van der Waals surface area contributed by atoms with Gasteiger partial charge in [-0.3, -0.25) is 9.88 Å². The second-order valence-electron chi connectivity index (χ2n) is 9.65. The third-order valence-corrected chi connectivity index (χ3v) is 7.35. The maximum Gasteiger partial charge on any atom is 0.159 e. The van der Waals surface area contributed by atoms with Gasteiger partial charge in [0, 0.05) is 54.1 Å². The fraction of sp³-hybridized carbons (Fsp3) is 0.357. The van der Waals surface area contributed by atoms with Crippen LogP contribution in [0.25, 0.3) is 0 Å². The molecular formula is C28H29ClF2N4O. The van der Waals surface area contributed by atoms with Gasteiger partial charge in [-0.2, -0.15) is 0 Å². The second kappa shape index (κ2) is 10.5. The van der Waals surface area contributed by atoms with E-state index in [1.807, 2.05) is 37.4 Å². The summed E-state index contributed by atoms with van der Waals surface area (Å²) in [5, 5.41) is 4.88. The zero-order valence-electron chi connectivity index (χ0n) is 20.3. The Labute approximate surface area is 215 Å². The maximum atomic E-state index is 13.8. The van der Waals surface area contributed by atoms with E-state index in [-0.39, 0.29) is 0 Å². The van der Waals surface area contributed by atoms with Gasteiger partial charge in [-0.25, -0.2) is 8.78 Å². The van der Waals surface area contributed by atoms with Crippen molar-refractivity contribution in [2.24, 2.45) is 10.6 Å². The zero-order valence-corrected chi connectivity index (χ0v) is 21.0. The Morgan fingerprint density at radius 3 is 2.56 bits per heavy atom. The Kier molecular flexibility index (Phi) is 7.21. The number of anilines is 1. The van der Waals surface area contributed by atoms with Gasteiger partial charge >= 0.3 is 0 Å². The average Bonchev–Trinajstić information content (AvgIpc) is 3.49. The summed E-state index contributed by atoms with van der Waals surface area (Å²) in [5.74, 6) is -1.84. The van der Waals surface area contributed by atoms with Crippen molar-refractivity contribution >= 4 is 23.0 Å². The van der Waals surface area contributed by atoms with Crippen molar-refractivity contribution in [3.8, 4) is 0 Å². The van der Waals surface area contributed by atoms with E-state index in [4.69, 9.17) is 16.4 Å². The molecule has 2 aliphatic rings. The highest BCUT2D eigenvalue weighted by molar-refractivity contribution is 6.30. The van der Waals surface area contributed by atoms with Crippen LogP contribution in [0, 0.1) is 17.0 Å². The highest BCUT2D eigenvalue weighted by Gasteiger charge is 2.43. The first-order valence-electron chi connectivity index (χ1n) is 12.3. The fourth-order valence-corrected chi connectivity index (χ4v) is 5.37. The molecule has 5 nitrogen and oxygen atoms in total. The summed E-state index contributed by atoms with van der Waals surface area (Å²) in [5.41, 5.74) is 3.98. The van der Waals surface area contributed by atoms with E-state index in [1.165, 1.54) is 24.6 Å². The molecule has 36 heavy (non-hydrogen) atoms. The predicted molar refractivity (Wildman–Crippen MR) is 138 cm³/mol. The standard InChI is InChI=1S/C28H29ClF2N4O/c1-2-36-33-27(21-4-9-24(30)25(31)15-21)26-10-3-20(16-32-26)17-34-13-11-28(18-34)12-14-35(19-28)23-7-5-22(29)6-8-23/h3-10,15-16H,2,11-14,17-19H2,1H3/b33-27+. The summed E-state index contributed by atoms with van der Waals surface area (Å²) in [6.45, 7) is 7.24. The van der Waals surface area contributed by atoms with E-state index < -0.39 is 11.6 Å². The molecule has 1 aromatic heterocycles. The molecule has 1 atom stereocenters. The molecule has 0 radical (unpaired) electrons. The van der Waals surface area contributed by atoms with Crippen molar-refractivity contribution in [1.29, 1.82) is 0 Å². The van der Waals surface area contributed by atoms with Gasteiger partial charge in [0.25, 0.3) is 0 Å². The lowest BCUT2D eigenvalue weighted by Gasteiger charge is -2.25. The van der Waals surface area contributed by atoms with E-state index in [0.29, 0.717) is 29.0 Å². The molecule has 3 heterocycles. The number of likely N-dealkylation sites (tertiary alicyclic amines) is 1. The maximum absolute atomic E-state index is 13.8. The van der Waals surface area contributed by atoms with Crippen LogP contribution in [-0.2, 0) is 11.4 Å². The van der Waals surface area contributed by atoms with E-state index in [9.17, 15) is 8.78 Å². The summed E-state index contributed by atoms with van der Waals surface area (Å²) in [7, 11) is 0. The minimum Gasteiger partial charge on any atom is -0.396 e. The zero-order chi connectivity index (χ0) is 25.1. The molecule has 188 valence electrons. The first kappa shape index (κ1) is 24.7. The predicted octanol–water partition coefficient (Wildman–Crippen LogP) is 5.90. The third kappa shape index (κ3) is 5.37. The van der Waals surface area contributed by atoms with E-state index in [2.05, 4.69) is 32.1 Å². The van der Waals surface area contributed by atoms with Crippen LogP contribution in [0.3, 0.4) is 0 Å². The summed E-state index contributed by atoms with van der Waals surface area (Å²) in [6, 6.07) is 15.7. The molecule has 0 amide bonds. The Hall–Kier alpha value is -3.03. The molecule has 2 aliphatic heterocycles. The number of pyridine rings is 1. The molecule has 0 N–H and O–H groups in total. The third-order valence-electron chi connectivity index (χ3n) is 7.10. The molecule has 2 fully saturated rings. The Morgan fingerprint density at radius 1 is 1.03 bits per heavy atom. The SMILES string of the molecule is CCO/N=C(\c1ccc(F)c(F)c1)c1ccc(CN2CCC3(CCN(c4ccc(Cl)cc4)C3)C2)cn1. The van der Waals surface area contributed by atoms with E-state index >= 15 is 0 Å². The topological polar surface area (TPSA) is 41.0 Å². The number of hydrogen-bond acceptors (Lipinski definition) is 5. The lowest BCUT2D eigenvalue weighted by Crippen LogP contribution is -2.30. The number of nitrogens with zero attached hydrogens (tertiary/aromatic N) is 4. The van der Waals surface area contributed by atoms with Crippen molar-refractivity contribution in [1.82, 2.24) is 9.88 Å². The van der Waals surface area contributed by atoms with Crippen LogP contribution in [-0.4, -0.2) is 48.4 Å². The molecule has 0 saturated carbocycles. The Bertz CT molecular complexity index is 1240. The summed E-state index contributed by atoms with van der Waals surface area (Å²) < 4.78 is 27.2. The van der Waals surface area contributed by atoms with Crippen molar-refractivity contribution in [3.05, 3.63) is 94.3 Å². The molecule has 1 unspecified atom stereocenters.